The molecule has 2 heterocycles. The summed E-state index contributed by atoms with van der Waals surface area (Å²) in [6, 6.07) is 1.70. The molecule has 124 valence electrons. The third-order valence-electron chi connectivity index (χ3n) is 4.26. The normalized spacial score (nSPS) is 15.0. The van der Waals surface area contributed by atoms with Crippen LogP contribution in [0.5, 0.6) is 0 Å². The van der Waals surface area contributed by atoms with Gasteiger partial charge in [0.25, 0.3) is 5.91 Å². The second kappa shape index (κ2) is 6.52. The van der Waals surface area contributed by atoms with E-state index in [1.165, 1.54) is 6.42 Å². The molecular formula is C16H22N4O3. The summed E-state index contributed by atoms with van der Waals surface area (Å²) in [7, 11) is 0. The van der Waals surface area contributed by atoms with Crippen LogP contribution in [0.2, 0.25) is 0 Å². The number of nitrogens with zero attached hydrogens (tertiary/aromatic N) is 4. The van der Waals surface area contributed by atoms with Gasteiger partial charge in [0.05, 0.1) is 6.54 Å². The largest absolute Gasteiger partial charge is 0.360 e. The van der Waals surface area contributed by atoms with E-state index in [4.69, 9.17) is 9.05 Å². The van der Waals surface area contributed by atoms with Crippen molar-refractivity contribution in [1.29, 1.82) is 0 Å². The van der Waals surface area contributed by atoms with Crippen LogP contribution in [0.25, 0.3) is 0 Å². The number of aromatic nitrogens is 3. The molecule has 7 nitrogen and oxygen atoms in total. The van der Waals surface area contributed by atoms with Crippen molar-refractivity contribution in [2.24, 2.45) is 0 Å². The van der Waals surface area contributed by atoms with Gasteiger partial charge in [0.15, 0.2) is 11.5 Å². The first-order chi connectivity index (χ1) is 11.1. The zero-order valence-electron chi connectivity index (χ0n) is 13.8. The lowest BCUT2D eigenvalue weighted by Gasteiger charge is -2.20. The maximum Gasteiger partial charge on any atom is 0.276 e. The molecule has 1 aliphatic carbocycles. The van der Waals surface area contributed by atoms with Gasteiger partial charge in [-0.05, 0) is 19.8 Å². The second-order valence-electron chi connectivity index (χ2n) is 6.27. The molecular weight excluding hydrogens is 296 g/mol. The molecule has 1 amide bonds. The zero-order valence-corrected chi connectivity index (χ0v) is 13.8. The molecule has 0 unspecified atom stereocenters. The molecule has 0 saturated heterocycles. The van der Waals surface area contributed by atoms with Crippen LogP contribution in [0.1, 0.15) is 79.8 Å². The number of hydrogen-bond donors (Lipinski definition) is 0. The highest BCUT2D eigenvalue weighted by Gasteiger charge is 2.26. The first kappa shape index (κ1) is 15.7. The summed E-state index contributed by atoms with van der Waals surface area (Å²) >= 11 is 0. The topological polar surface area (TPSA) is 85.3 Å². The van der Waals surface area contributed by atoms with Gasteiger partial charge in [-0.15, -0.1) is 0 Å². The van der Waals surface area contributed by atoms with Crippen molar-refractivity contribution in [3.05, 3.63) is 29.2 Å². The van der Waals surface area contributed by atoms with Crippen molar-refractivity contribution in [2.75, 3.05) is 6.54 Å². The summed E-state index contributed by atoms with van der Waals surface area (Å²) < 4.78 is 10.5. The minimum atomic E-state index is -0.182. The molecule has 23 heavy (non-hydrogen) atoms. The van der Waals surface area contributed by atoms with Crippen molar-refractivity contribution in [2.45, 2.75) is 58.4 Å². The predicted octanol–water partition coefficient (Wildman–Crippen LogP) is 3.11. The summed E-state index contributed by atoms with van der Waals surface area (Å²) in [4.78, 5) is 18.6. The molecule has 0 aliphatic heterocycles. The molecule has 0 N–H and O–H groups in total. The first-order valence-corrected chi connectivity index (χ1v) is 8.16. The van der Waals surface area contributed by atoms with Gasteiger partial charge in [-0.1, -0.05) is 30.6 Å². The third-order valence-corrected chi connectivity index (χ3v) is 4.26. The Morgan fingerprint density at radius 2 is 2.13 bits per heavy atom. The van der Waals surface area contributed by atoms with Crippen LogP contribution < -0.4 is 0 Å². The summed E-state index contributed by atoms with van der Waals surface area (Å²) in [5, 5.41) is 7.87. The van der Waals surface area contributed by atoms with E-state index in [0.29, 0.717) is 42.2 Å². The Hall–Kier alpha value is -2.18. The highest BCUT2D eigenvalue weighted by atomic mass is 16.5. The van der Waals surface area contributed by atoms with Gasteiger partial charge in [-0.2, -0.15) is 4.98 Å². The Labute approximate surface area is 135 Å². The van der Waals surface area contributed by atoms with Crippen LogP contribution in [0.3, 0.4) is 0 Å². The molecule has 2 aromatic heterocycles. The minimum absolute atomic E-state index is 0.182. The third kappa shape index (κ3) is 3.28. The molecule has 1 aliphatic rings. The Morgan fingerprint density at radius 1 is 1.35 bits per heavy atom. The van der Waals surface area contributed by atoms with Gasteiger partial charge in [0, 0.05) is 24.4 Å². The smallest absolute Gasteiger partial charge is 0.276 e. The van der Waals surface area contributed by atoms with Crippen molar-refractivity contribution in [3.8, 4) is 0 Å². The number of rotatable bonds is 6. The van der Waals surface area contributed by atoms with Crippen LogP contribution in [-0.2, 0) is 6.54 Å². The number of carbonyl (C=O) groups excluding carboxylic acids is 1. The molecule has 0 spiro atoms. The highest BCUT2D eigenvalue weighted by Crippen LogP contribution is 2.35. The van der Waals surface area contributed by atoms with E-state index in [9.17, 15) is 4.79 Å². The Kier molecular flexibility index (Phi) is 4.45. The molecule has 0 bridgehead atoms. The van der Waals surface area contributed by atoms with Crippen molar-refractivity contribution in [1.82, 2.24) is 20.2 Å². The summed E-state index contributed by atoms with van der Waals surface area (Å²) in [6.07, 6.45) is 3.43. The predicted molar refractivity (Wildman–Crippen MR) is 81.9 cm³/mol. The maximum atomic E-state index is 12.5. The summed E-state index contributed by atoms with van der Waals surface area (Å²) in [6.45, 7) is 6.75. The number of carbonyl (C=O) groups is 1. The second-order valence-corrected chi connectivity index (χ2v) is 6.27. The Bertz CT molecular complexity index is 672. The quantitative estimate of drug-likeness (QED) is 0.813. The molecule has 2 aromatic rings. The minimum Gasteiger partial charge on any atom is -0.360 e. The molecule has 0 atom stereocenters. The lowest BCUT2D eigenvalue weighted by molar-refractivity contribution is 0.0736. The fourth-order valence-electron chi connectivity index (χ4n) is 2.47. The average molecular weight is 318 g/mol. The van der Waals surface area contributed by atoms with Crippen LogP contribution in [0, 0.1) is 0 Å². The van der Waals surface area contributed by atoms with Gasteiger partial charge < -0.3 is 13.9 Å². The molecule has 1 saturated carbocycles. The summed E-state index contributed by atoms with van der Waals surface area (Å²) in [5.74, 6) is 2.34. The van der Waals surface area contributed by atoms with E-state index in [2.05, 4.69) is 15.3 Å². The van der Waals surface area contributed by atoms with Gasteiger partial charge in [0.2, 0.25) is 5.89 Å². The lowest BCUT2D eigenvalue weighted by atomic mass is 9.85. The molecule has 7 heteroatoms. The van der Waals surface area contributed by atoms with Gasteiger partial charge in [-0.3, -0.25) is 4.79 Å². The number of amides is 1. The number of hydrogen-bond acceptors (Lipinski definition) is 6. The molecule has 1 fully saturated rings. The fraction of sp³-hybridized carbons (Fsp3) is 0.625. The van der Waals surface area contributed by atoms with Gasteiger partial charge in [0.1, 0.15) is 5.76 Å². The van der Waals surface area contributed by atoms with Gasteiger partial charge in [-0.25, -0.2) is 0 Å². The van der Waals surface area contributed by atoms with E-state index in [1.54, 1.807) is 11.0 Å². The maximum absolute atomic E-state index is 12.5. The van der Waals surface area contributed by atoms with E-state index < -0.39 is 0 Å². The molecule has 0 aromatic carbocycles. The van der Waals surface area contributed by atoms with E-state index in [0.717, 1.165) is 12.8 Å². The lowest BCUT2D eigenvalue weighted by Crippen LogP contribution is -2.31. The van der Waals surface area contributed by atoms with Crippen LogP contribution in [-0.4, -0.2) is 32.6 Å². The van der Waals surface area contributed by atoms with Gasteiger partial charge >= 0.3 is 0 Å². The zero-order chi connectivity index (χ0) is 16.4. The van der Waals surface area contributed by atoms with E-state index in [1.807, 2.05) is 20.8 Å². The molecule has 0 radical (unpaired) electrons. The van der Waals surface area contributed by atoms with Crippen molar-refractivity contribution >= 4 is 5.91 Å². The first-order valence-electron chi connectivity index (χ1n) is 8.16. The summed E-state index contributed by atoms with van der Waals surface area (Å²) in [5.41, 5.74) is 0.318. The Morgan fingerprint density at radius 3 is 2.70 bits per heavy atom. The van der Waals surface area contributed by atoms with E-state index in [-0.39, 0.29) is 11.8 Å². The van der Waals surface area contributed by atoms with Crippen molar-refractivity contribution < 1.29 is 13.8 Å². The molecule has 3 rings (SSSR count). The van der Waals surface area contributed by atoms with Crippen LogP contribution >= 0.6 is 0 Å². The van der Waals surface area contributed by atoms with Crippen LogP contribution in [0.4, 0.5) is 0 Å². The SMILES string of the molecule is CCN(Cc1noc(C2CCC2)n1)C(=O)c1cc(C(C)C)on1. The average Bonchev–Trinajstić information content (AvgIpc) is 3.11. The fourth-order valence-corrected chi connectivity index (χ4v) is 2.47. The van der Waals surface area contributed by atoms with Crippen LogP contribution in [0.15, 0.2) is 15.1 Å². The van der Waals surface area contributed by atoms with E-state index >= 15 is 0 Å². The highest BCUT2D eigenvalue weighted by molar-refractivity contribution is 5.92. The Balaban J connectivity index is 1.68. The standard InChI is InChI=1S/C16H22N4O3/c1-4-20(16(21)12-8-13(10(2)3)22-18-12)9-14-17-15(23-19-14)11-6-5-7-11/h8,10-11H,4-7,9H2,1-3H3. The van der Waals surface area contributed by atoms with Crippen molar-refractivity contribution in [3.63, 3.8) is 0 Å². The monoisotopic (exact) mass is 318 g/mol.